The van der Waals surface area contributed by atoms with Gasteiger partial charge in [0.15, 0.2) is 0 Å². The molecule has 0 spiro atoms. The quantitative estimate of drug-likeness (QED) is 0.788. The summed E-state index contributed by atoms with van der Waals surface area (Å²) in [5.41, 5.74) is 0.308. The van der Waals surface area contributed by atoms with Crippen LogP contribution in [0.3, 0.4) is 0 Å². The van der Waals surface area contributed by atoms with Crippen LogP contribution in [0.2, 0.25) is 0 Å². The lowest BCUT2D eigenvalue weighted by atomic mass is 9.92. The second-order valence-corrected chi connectivity index (χ2v) is 5.19. The molecule has 0 fully saturated rings. The average molecular weight is 272 g/mol. The van der Waals surface area contributed by atoms with Crippen molar-refractivity contribution in [3.63, 3.8) is 0 Å². The Hall–Kier alpha value is -2.03. The lowest BCUT2D eigenvalue weighted by molar-refractivity contribution is -0.154. The van der Waals surface area contributed by atoms with E-state index < -0.39 is 5.60 Å². The summed E-state index contributed by atoms with van der Waals surface area (Å²) in [5, 5.41) is 2.08. The summed E-state index contributed by atoms with van der Waals surface area (Å²) in [7, 11) is 0. The predicted molar refractivity (Wildman–Crippen MR) is 79.9 cm³/mol. The molecule has 0 atom stereocenters. The van der Waals surface area contributed by atoms with E-state index in [0.29, 0.717) is 6.61 Å². The summed E-state index contributed by atoms with van der Waals surface area (Å²) in [6.07, 6.45) is 0. The smallest absolute Gasteiger partial charge is 0.303 e. The van der Waals surface area contributed by atoms with E-state index in [1.54, 1.807) is 0 Å². The summed E-state index contributed by atoms with van der Waals surface area (Å²) in [6.45, 7) is 7.81. The van der Waals surface area contributed by atoms with Crippen molar-refractivity contribution < 1.29 is 14.3 Å². The van der Waals surface area contributed by atoms with Crippen molar-refractivity contribution in [1.29, 1.82) is 0 Å². The molecule has 2 rings (SSSR count). The second kappa shape index (κ2) is 5.53. The molecule has 0 aliphatic carbocycles. The van der Waals surface area contributed by atoms with Crippen molar-refractivity contribution in [3.05, 3.63) is 42.0 Å². The molecule has 0 N–H and O–H groups in total. The third kappa shape index (κ3) is 2.77. The normalized spacial score (nSPS) is 11.4. The molecule has 0 amide bonds. The van der Waals surface area contributed by atoms with Gasteiger partial charge in [-0.15, -0.1) is 0 Å². The highest BCUT2D eigenvalue weighted by Crippen LogP contribution is 2.35. The summed E-state index contributed by atoms with van der Waals surface area (Å²) in [5.74, 6) is 0.568. The zero-order valence-corrected chi connectivity index (χ0v) is 12.4. The van der Waals surface area contributed by atoms with Crippen LogP contribution in [0.15, 0.2) is 36.4 Å². The number of ether oxygens (including phenoxy) is 2. The maximum atomic E-state index is 11.3. The Morgan fingerprint density at radius 1 is 1.10 bits per heavy atom. The summed E-state index contributed by atoms with van der Waals surface area (Å²) < 4.78 is 11.1. The van der Waals surface area contributed by atoms with Crippen LogP contribution in [0.25, 0.3) is 10.8 Å². The fourth-order valence-corrected chi connectivity index (χ4v) is 2.49. The zero-order valence-electron chi connectivity index (χ0n) is 12.4. The van der Waals surface area contributed by atoms with Gasteiger partial charge in [-0.1, -0.05) is 30.3 Å². The number of hydrogen-bond donors (Lipinski definition) is 0. The molecule has 0 unspecified atom stereocenters. The SMILES string of the molecule is CCOc1ccc(C(C)(C)OC(C)=O)c2ccccc12. The first-order chi connectivity index (χ1) is 9.45. The maximum absolute atomic E-state index is 11.3. The van der Waals surface area contributed by atoms with Crippen LogP contribution in [-0.2, 0) is 15.1 Å². The third-order valence-electron chi connectivity index (χ3n) is 3.23. The second-order valence-electron chi connectivity index (χ2n) is 5.19. The van der Waals surface area contributed by atoms with E-state index >= 15 is 0 Å². The van der Waals surface area contributed by atoms with E-state index in [9.17, 15) is 4.79 Å². The van der Waals surface area contributed by atoms with Gasteiger partial charge >= 0.3 is 5.97 Å². The van der Waals surface area contributed by atoms with Crippen molar-refractivity contribution >= 4 is 16.7 Å². The fraction of sp³-hybridized carbons (Fsp3) is 0.353. The van der Waals surface area contributed by atoms with Gasteiger partial charge in [0, 0.05) is 17.9 Å². The van der Waals surface area contributed by atoms with Crippen LogP contribution in [-0.4, -0.2) is 12.6 Å². The fourth-order valence-electron chi connectivity index (χ4n) is 2.49. The number of carbonyl (C=O) groups is 1. The highest BCUT2D eigenvalue weighted by atomic mass is 16.6. The van der Waals surface area contributed by atoms with Crippen LogP contribution in [0, 0.1) is 0 Å². The summed E-state index contributed by atoms with van der Waals surface area (Å²) >= 11 is 0. The predicted octanol–water partition coefficient (Wildman–Crippen LogP) is 4.04. The van der Waals surface area contributed by atoms with Crippen LogP contribution in [0.4, 0.5) is 0 Å². The first kappa shape index (κ1) is 14.4. The third-order valence-corrected chi connectivity index (χ3v) is 3.23. The first-order valence-corrected chi connectivity index (χ1v) is 6.80. The number of carbonyl (C=O) groups excluding carboxylic acids is 1. The molecule has 2 aromatic rings. The molecule has 0 aromatic heterocycles. The molecule has 3 nitrogen and oxygen atoms in total. The van der Waals surface area contributed by atoms with Crippen molar-refractivity contribution in [2.24, 2.45) is 0 Å². The van der Waals surface area contributed by atoms with E-state index in [1.165, 1.54) is 6.92 Å². The molecule has 0 saturated heterocycles. The van der Waals surface area contributed by atoms with Crippen LogP contribution in [0.1, 0.15) is 33.3 Å². The average Bonchev–Trinajstić information content (AvgIpc) is 2.37. The van der Waals surface area contributed by atoms with Crippen molar-refractivity contribution in [2.45, 2.75) is 33.3 Å². The van der Waals surface area contributed by atoms with Crippen molar-refractivity contribution in [3.8, 4) is 5.75 Å². The van der Waals surface area contributed by atoms with Gasteiger partial charge < -0.3 is 9.47 Å². The first-order valence-electron chi connectivity index (χ1n) is 6.80. The van der Waals surface area contributed by atoms with Crippen LogP contribution in [0.5, 0.6) is 5.75 Å². The van der Waals surface area contributed by atoms with Gasteiger partial charge in [-0.05, 0) is 32.2 Å². The zero-order chi connectivity index (χ0) is 14.8. The lowest BCUT2D eigenvalue weighted by Crippen LogP contribution is -2.24. The Labute approximate surface area is 119 Å². The van der Waals surface area contributed by atoms with E-state index in [2.05, 4.69) is 0 Å². The van der Waals surface area contributed by atoms with Gasteiger partial charge in [0.1, 0.15) is 11.4 Å². The lowest BCUT2D eigenvalue weighted by Gasteiger charge is -2.27. The number of hydrogen-bond acceptors (Lipinski definition) is 3. The number of rotatable bonds is 4. The molecular formula is C17H20O3. The minimum absolute atomic E-state index is 0.284. The van der Waals surface area contributed by atoms with Crippen LogP contribution < -0.4 is 4.74 Å². The van der Waals surface area contributed by atoms with E-state index in [1.807, 2.05) is 57.2 Å². The molecule has 0 bridgehead atoms. The maximum Gasteiger partial charge on any atom is 0.303 e. The molecule has 3 heteroatoms. The minimum atomic E-state index is -0.670. The topological polar surface area (TPSA) is 35.5 Å². The largest absolute Gasteiger partial charge is 0.493 e. The molecule has 106 valence electrons. The Morgan fingerprint density at radius 2 is 1.75 bits per heavy atom. The molecule has 2 aromatic carbocycles. The van der Waals surface area contributed by atoms with Crippen molar-refractivity contribution in [2.75, 3.05) is 6.61 Å². The van der Waals surface area contributed by atoms with Gasteiger partial charge in [-0.2, -0.15) is 0 Å². The highest BCUT2D eigenvalue weighted by molar-refractivity contribution is 5.91. The monoisotopic (exact) mass is 272 g/mol. The Morgan fingerprint density at radius 3 is 2.35 bits per heavy atom. The number of benzene rings is 2. The molecule has 0 radical (unpaired) electrons. The molecule has 0 heterocycles. The van der Waals surface area contributed by atoms with Gasteiger partial charge in [0.25, 0.3) is 0 Å². The van der Waals surface area contributed by atoms with Gasteiger partial charge in [0.05, 0.1) is 6.61 Å². The summed E-state index contributed by atoms with van der Waals surface area (Å²) in [6, 6.07) is 11.9. The summed E-state index contributed by atoms with van der Waals surface area (Å²) in [4.78, 5) is 11.3. The molecule has 0 aliphatic heterocycles. The molecule has 0 saturated carbocycles. The van der Waals surface area contributed by atoms with Gasteiger partial charge in [0.2, 0.25) is 0 Å². The Kier molecular flexibility index (Phi) is 3.98. The highest BCUT2D eigenvalue weighted by Gasteiger charge is 2.26. The Bertz CT molecular complexity index is 629. The number of esters is 1. The van der Waals surface area contributed by atoms with Gasteiger partial charge in [-0.3, -0.25) is 4.79 Å². The van der Waals surface area contributed by atoms with Gasteiger partial charge in [-0.25, -0.2) is 0 Å². The van der Waals surface area contributed by atoms with Crippen LogP contribution >= 0.6 is 0 Å². The van der Waals surface area contributed by atoms with E-state index in [-0.39, 0.29) is 5.97 Å². The molecule has 20 heavy (non-hydrogen) atoms. The minimum Gasteiger partial charge on any atom is -0.493 e. The molecular weight excluding hydrogens is 252 g/mol. The van der Waals surface area contributed by atoms with E-state index in [4.69, 9.17) is 9.47 Å². The van der Waals surface area contributed by atoms with Crippen molar-refractivity contribution in [1.82, 2.24) is 0 Å². The standard InChI is InChI=1S/C17H20O3/c1-5-19-16-11-10-15(17(3,4)20-12(2)18)13-8-6-7-9-14(13)16/h6-11H,5H2,1-4H3. The Balaban J connectivity index is 2.61. The number of fused-ring (bicyclic) bond motifs is 1. The van der Waals surface area contributed by atoms with E-state index in [0.717, 1.165) is 22.1 Å². The molecule has 0 aliphatic rings.